The molecule has 2 rings (SSSR count). The second kappa shape index (κ2) is 3.79. The molecule has 0 unspecified atom stereocenters. The van der Waals surface area contributed by atoms with Crippen LogP contribution in [0.3, 0.4) is 0 Å². The first kappa shape index (κ1) is 12.5. The van der Waals surface area contributed by atoms with Gasteiger partial charge in [-0.2, -0.15) is 13.2 Å². The van der Waals surface area contributed by atoms with Crippen molar-refractivity contribution < 1.29 is 27.9 Å². The fourth-order valence-corrected chi connectivity index (χ4v) is 3.89. The van der Waals surface area contributed by atoms with Gasteiger partial charge in [-0.15, -0.1) is 11.8 Å². The smallest absolute Gasteiger partial charge is 0.471 e. The molecule has 1 aliphatic heterocycles. The minimum absolute atomic E-state index is 0.0371. The van der Waals surface area contributed by atoms with Gasteiger partial charge in [0.15, 0.2) is 0 Å². The van der Waals surface area contributed by atoms with Gasteiger partial charge in [0.2, 0.25) is 0 Å². The molecule has 17 heavy (non-hydrogen) atoms. The van der Waals surface area contributed by atoms with Crippen molar-refractivity contribution in [1.29, 1.82) is 0 Å². The van der Waals surface area contributed by atoms with Gasteiger partial charge >= 0.3 is 18.1 Å². The van der Waals surface area contributed by atoms with E-state index in [4.69, 9.17) is 5.11 Å². The molecule has 0 atom stereocenters. The fraction of sp³-hybridized carbons (Fsp3) is 0.778. The number of amides is 1. The molecule has 1 saturated carbocycles. The molecule has 4 nitrogen and oxygen atoms in total. The van der Waals surface area contributed by atoms with E-state index in [1.54, 1.807) is 0 Å². The quantitative estimate of drug-likeness (QED) is 0.780. The Morgan fingerprint density at radius 2 is 1.94 bits per heavy atom. The summed E-state index contributed by atoms with van der Waals surface area (Å²) in [6.45, 7) is 0.0371. The summed E-state index contributed by atoms with van der Waals surface area (Å²) in [6.07, 6.45) is -4.67. The van der Waals surface area contributed by atoms with Crippen molar-refractivity contribution >= 4 is 23.6 Å². The predicted molar refractivity (Wildman–Crippen MR) is 53.3 cm³/mol. The fourth-order valence-electron chi connectivity index (χ4n) is 2.27. The zero-order valence-corrected chi connectivity index (χ0v) is 9.48. The lowest BCUT2D eigenvalue weighted by molar-refractivity contribution is -0.191. The van der Waals surface area contributed by atoms with E-state index < -0.39 is 28.8 Å². The molecule has 1 heterocycles. The van der Waals surface area contributed by atoms with Crippen molar-refractivity contribution in [2.75, 3.05) is 12.3 Å². The second-order valence-electron chi connectivity index (χ2n) is 4.19. The highest BCUT2D eigenvalue weighted by molar-refractivity contribution is 8.00. The number of carbonyl (C=O) groups excluding carboxylic acids is 1. The van der Waals surface area contributed by atoms with Gasteiger partial charge in [0, 0.05) is 12.3 Å². The third-order valence-corrected chi connectivity index (χ3v) is 4.62. The van der Waals surface area contributed by atoms with Gasteiger partial charge in [-0.3, -0.25) is 9.59 Å². The number of carboxylic acid groups (broad SMARTS) is 1. The van der Waals surface area contributed by atoms with Crippen LogP contribution in [0, 0.1) is 5.92 Å². The second-order valence-corrected chi connectivity index (χ2v) is 5.65. The summed E-state index contributed by atoms with van der Waals surface area (Å²) in [7, 11) is 0. The molecule has 0 aromatic heterocycles. The Balaban J connectivity index is 2.10. The Bertz CT molecular complexity index is 365. The average Bonchev–Trinajstić information content (AvgIpc) is 2.55. The monoisotopic (exact) mass is 269 g/mol. The first-order valence-electron chi connectivity index (χ1n) is 5.02. The molecule has 1 saturated heterocycles. The Hall–Kier alpha value is -0.920. The van der Waals surface area contributed by atoms with Crippen LogP contribution in [0.15, 0.2) is 0 Å². The molecule has 2 aliphatic rings. The van der Waals surface area contributed by atoms with Crippen LogP contribution < -0.4 is 0 Å². The number of alkyl halides is 3. The van der Waals surface area contributed by atoms with Gasteiger partial charge in [-0.1, -0.05) is 0 Å². The largest absolute Gasteiger partial charge is 0.481 e. The normalized spacial score (nSPS) is 32.6. The van der Waals surface area contributed by atoms with Gasteiger partial charge in [-0.05, 0) is 12.8 Å². The van der Waals surface area contributed by atoms with E-state index in [1.165, 1.54) is 11.8 Å². The van der Waals surface area contributed by atoms with Crippen molar-refractivity contribution in [1.82, 2.24) is 4.90 Å². The molecule has 0 aromatic rings. The number of hydrogen-bond donors (Lipinski definition) is 1. The highest BCUT2D eigenvalue weighted by atomic mass is 32.2. The van der Waals surface area contributed by atoms with E-state index in [0.29, 0.717) is 5.75 Å². The number of halogens is 3. The standard InChI is InChI=1S/C9H10F3NO3S/c10-9(11,12)7(16)13-1-2-17-8(13)3-5(4-8)6(14)15/h5H,1-4H2,(H,14,15). The summed E-state index contributed by atoms with van der Waals surface area (Å²) in [4.78, 5) is 21.7. The molecular formula is C9H10F3NO3S. The van der Waals surface area contributed by atoms with Crippen LogP contribution in [-0.2, 0) is 9.59 Å². The van der Waals surface area contributed by atoms with Crippen LogP contribution in [-0.4, -0.2) is 45.2 Å². The molecule has 8 heteroatoms. The molecule has 96 valence electrons. The van der Waals surface area contributed by atoms with E-state index in [0.717, 1.165) is 4.90 Å². The molecule has 0 aromatic carbocycles. The van der Waals surface area contributed by atoms with Gasteiger partial charge in [-0.25, -0.2) is 0 Å². The van der Waals surface area contributed by atoms with Gasteiger partial charge < -0.3 is 10.0 Å². The topological polar surface area (TPSA) is 57.6 Å². The number of aliphatic carboxylic acids is 1. The van der Waals surface area contributed by atoms with E-state index in [2.05, 4.69) is 0 Å². The zero-order chi connectivity index (χ0) is 12.8. The lowest BCUT2D eigenvalue weighted by Gasteiger charge is -2.48. The van der Waals surface area contributed by atoms with E-state index in [-0.39, 0.29) is 19.4 Å². The number of thioether (sulfide) groups is 1. The van der Waals surface area contributed by atoms with Gasteiger partial charge in [0.1, 0.15) is 0 Å². The summed E-state index contributed by atoms with van der Waals surface area (Å²) < 4.78 is 37.0. The summed E-state index contributed by atoms with van der Waals surface area (Å²) in [5.74, 6) is -3.08. The summed E-state index contributed by atoms with van der Waals surface area (Å²) in [5.41, 5.74) is 0. The number of hydrogen-bond acceptors (Lipinski definition) is 3. The Kier molecular flexibility index (Phi) is 2.80. The summed E-state index contributed by atoms with van der Waals surface area (Å²) in [6, 6.07) is 0. The first-order chi connectivity index (χ1) is 7.76. The average molecular weight is 269 g/mol. The van der Waals surface area contributed by atoms with Crippen molar-refractivity contribution in [2.24, 2.45) is 5.92 Å². The van der Waals surface area contributed by atoms with Gasteiger partial charge in [0.05, 0.1) is 10.8 Å². The minimum Gasteiger partial charge on any atom is -0.481 e. The Morgan fingerprint density at radius 1 is 1.35 bits per heavy atom. The number of rotatable bonds is 1. The van der Waals surface area contributed by atoms with Crippen LogP contribution in [0.4, 0.5) is 13.2 Å². The molecule has 1 spiro atoms. The predicted octanol–water partition coefficient (Wildman–Crippen LogP) is 1.31. The minimum atomic E-state index is -4.88. The van der Waals surface area contributed by atoms with Crippen molar-refractivity contribution in [3.63, 3.8) is 0 Å². The Labute approximate surface area is 99.1 Å². The van der Waals surface area contributed by atoms with Crippen molar-refractivity contribution in [2.45, 2.75) is 23.9 Å². The molecule has 0 bridgehead atoms. The molecule has 1 aliphatic carbocycles. The van der Waals surface area contributed by atoms with Crippen LogP contribution in [0.2, 0.25) is 0 Å². The SMILES string of the molecule is O=C(O)C1CC2(C1)SCCN2C(=O)C(F)(F)F. The summed E-state index contributed by atoms with van der Waals surface area (Å²) >= 11 is 1.25. The van der Waals surface area contributed by atoms with Crippen LogP contribution in [0.1, 0.15) is 12.8 Å². The lowest BCUT2D eigenvalue weighted by atomic mass is 9.78. The molecule has 0 radical (unpaired) electrons. The maximum Gasteiger partial charge on any atom is 0.471 e. The van der Waals surface area contributed by atoms with Crippen LogP contribution in [0.5, 0.6) is 0 Å². The number of carboxylic acids is 1. The highest BCUT2D eigenvalue weighted by Crippen LogP contribution is 2.54. The maximum absolute atomic E-state index is 12.3. The van der Waals surface area contributed by atoms with Crippen molar-refractivity contribution in [3.05, 3.63) is 0 Å². The van der Waals surface area contributed by atoms with E-state index >= 15 is 0 Å². The number of carbonyl (C=O) groups is 2. The lowest BCUT2D eigenvalue weighted by Crippen LogP contribution is -2.58. The maximum atomic E-state index is 12.3. The van der Waals surface area contributed by atoms with Crippen LogP contribution in [0.25, 0.3) is 0 Å². The van der Waals surface area contributed by atoms with Crippen molar-refractivity contribution in [3.8, 4) is 0 Å². The summed E-state index contributed by atoms with van der Waals surface area (Å²) in [5, 5.41) is 8.73. The molecule has 2 fully saturated rings. The Morgan fingerprint density at radius 3 is 2.41 bits per heavy atom. The molecular weight excluding hydrogens is 259 g/mol. The zero-order valence-electron chi connectivity index (χ0n) is 8.66. The third kappa shape index (κ3) is 1.98. The van der Waals surface area contributed by atoms with Crippen LogP contribution >= 0.6 is 11.8 Å². The number of nitrogens with zero attached hydrogens (tertiary/aromatic N) is 1. The van der Waals surface area contributed by atoms with E-state index in [1.807, 2.05) is 0 Å². The third-order valence-electron chi connectivity index (χ3n) is 3.15. The first-order valence-corrected chi connectivity index (χ1v) is 6.00. The van der Waals surface area contributed by atoms with E-state index in [9.17, 15) is 22.8 Å². The molecule has 1 amide bonds. The molecule has 1 N–H and O–H groups in total. The van der Waals surface area contributed by atoms with Gasteiger partial charge in [0.25, 0.3) is 0 Å². The highest BCUT2D eigenvalue weighted by Gasteiger charge is 2.59.